The van der Waals surface area contributed by atoms with Crippen molar-refractivity contribution in [2.24, 2.45) is 0 Å². The van der Waals surface area contributed by atoms with Crippen LogP contribution in [0.1, 0.15) is 5.56 Å². The molecule has 0 spiro atoms. The number of nitrogens with zero attached hydrogens (tertiary/aromatic N) is 1. The molecule has 1 aromatic carbocycles. The fourth-order valence-corrected chi connectivity index (χ4v) is 2.18. The Balaban J connectivity index is 2.93. The number of esters is 1. The second-order valence-electron chi connectivity index (χ2n) is 3.23. The van der Waals surface area contributed by atoms with Crippen LogP contribution in [0.2, 0.25) is 0 Å². The largest absolute Gasteiger partial charge is 0.468 e. The summed E-state index contributed by atoms with van der Waals surface area (Å²) >= 11 is 6.45. The predicted molar refractivity (Wildman–Crippen MR) is 69.2 cm³/mol. The highest BCUT2D eigenvalue weighted by atomic mass is 79.9. The third kappa shape index (κ3) is 3.78. The molecule has 1 atom stereocenters. The lowest BCUT2D eigenvalue weighted by Crippen LogP contribution is -2.18. The van der Waals surface area contributed by atoms with E-state index in [1.54, 1.807) is 6.07 Å². The van der Waals surface area contributed by atoms with Gasteiger partial charge < -0.3 is 4.74 Å². The van der Waals surface area contributed by atoms with Crippen LogP contribution in [-0.4, -0.2) is 22.8 Å². The van der Waals surface area contributed by atoms with E-state index >= 15 is 0 Å². The van der Waals surface area contributed by atoms with Gasteiger partial charge in [0.25, 0.3) is 5.69 Å². The predicted octanol–water partition coefficient (Wildman–Crippen LogP) is 2.84. The molecule has 0 radical (unpaired) electrons. The molecule has 0 N–H and O–H groups in total. The van der Waals surface area contributed by atoms with Gasteiger partial charge >= 0.3 is 5.97 Å². The smallest absolute Gasteiger partial charge is 0.319 e. The third-order valence-corrected chi connectivity index (χ3v) is 3.57. The minimum absolute atomic E-state index is 0.00670. The van der Waals surface area contributed by atoms with E-state index in [1.807, 2.05) is 0 Å². The average Bonchev–Trinajstić information content (AvgIpc) is 2.30. The fourth-order valence-electron chi connectivity index (χ4n) is 1.24. The number of rotatable bonds is 4. The number of halogens is 2. The van der Waals surface area contributed by atoms with Gasteiger partial charge in [-0.25, -0.2) is 0 Å². The maximum absolute atomic E-state index is 11.2. The van der Waals surface area contributed by atoms with E-state index in [9.17, 15) is 14.9 Å². The van der Waals surface area contributed by atoms with Crippen LogP contribution >= 0.6 is 31.9 Å². The number of carbonyl (C=O) groups excluding carboxylic acids is 1. The number of nitro groups is 1. The molecule has 0 aliphatic rings. The molecule has 0 fully saturated rings. The van der Waals surface area contributed by atoms with E-state index in [4.69, 9.17) is 0 Å². The molecular weight excluding hydrogens is 358 g/mol. The second-order valence-corrected chi connectivity index (χ2v) is 5.19. The number of hydrogen-bond donors (Lipinski definition) is 0. The monoisotopic (exact) mass is 365 g/mol. The zero-order valence-corrected chi connectivity index (χ0v) is 12.0. The number of hydrogen-bond acceptors (Lipinski definition) is 4. The molecule has 0 heterocycles. The van der Waals surface area contributed by atoms with Gasteiger partial charge in [0, 0.05) is 16.6 Å². The Kier molecular flexibility index (Phi) is 5.07. The highest BCUT2D eigenvalue weighted by Crippen LogP contribution is 2.25. The lowest BCUT2D eigenvalue weighted by atomic mass is 10.1. The van der Waals surface area contributed by atoms with Crippen molar-refractivity contribution in [1.82, 2.24) is 0 Å². The van der Waals surface area contributed by atoms with Crippen molar-refractivity contribution in [3.8, 4) is 0 Å². The number of methoxy groups -OCH3 is 1. The molecule has 0 saturated heterocycles. The van der Waals surface area contributed by atoms with Crippen LogP contribution in [0.15, 0.2) is 22.7 Å². The molecule has 92 valence electrons. The highest BCUT2D eigenvalue weighted by Gasteiger charge is 2.18. The molecule has 0 aromatic heterocycles. The molecule has 0 aliphatic carbocycles. The molecule has 0 amide bonds. The topological polar surface area (TPSA) is 69.4 Å². The van der Waals surface area contributed by atoms with Gasteiger partial charge in [-0.15, -0.1) is 0 Å². The molecule has 1 rings (SSSR count). The lowest BCUT2D eigenvalue weighted by Gasteiger charge is -2.08. The average molecular weight is 367 g/mol. The first-order chi connectivity index (χ1) is 7.95. The Morgan fingerprint density at radius 2 is 2.24 bits per heavy atom. The first kappa shape index (κ1) is 14.1. The van der Waals surface area contributed by atoms with Crippen molar-refractivity contribution in [3.05, 3.63) is 38.3 Å². The molecule has 17 heavy (non-hydrogen) atoms. The van der Waals surface area contributed by atoms with E-state index in [1.165, 1.54) is 19.2 Å². The number of benzene rings is 1. The van der Waals surface area contributed by atoms with Crippen molar-refractivity contribution in [2.45, 2.75) is 11.2 Å². The Morgan fingerprint density at radius 1 is 1.59 bits per heavy atom. The van der Waals surface area contributed by atoms with Crippen molar-refractivity contribution < 1.29 is 14.5 Å². The normalized spacial score (nSPS) is 11.9. The first-order valence-corrected chi connectivity index (χ1v) is 6.31. The SMILES string of the molecule is COC(=O)C(Br)Cc1cc([N+](=O)[O-])ccc1Br. The summed E-state index contributed by atoms with van der Waals surface area (Å²) in [4.78, 5) is 20.9. The molecule has 0 aliphatic heterocycles. The van der Waals surface area contributed by atoms with E-state index in [0.717, 1.165) is 4.47 Å². The summed E-state index contributed by atoms with van der Waals surface area (Å²) in [7, 11) is 1.29. The van der Waals surface area contributed by atoms with E-state index in [2.05, 4.69) is 36.6 Å². The van der Waals surface area contributed by atoms with Gasteiger partial charge in [-0.05, 0) is 18.1 Å². The summed E-state index contributed by atoms with van der Waals surface area (Å²) in [6.45, 7) is 0. The Hall–Kier alpha value is -0.950. The van der Waals surface area contributed by atoms with Gasteiger partial charge in [0.2, 0.25) is 0 Å². The van der Waals surface area contributed by atoms with Gasteiger partial charge in [0.1, 0.15) is 4.83 Å². The highest BCUT2D eigenvalue weighted by molar-refractivity contribution is 9.10. The van der Waals surface area contributed by atoms with Gasteiger partial charge in [-0.3, -0.25) is 14.9 Å². The maximum Gasteiger partial charge on any atom is 0.319 e. The van der Waals surface area contributed by atoms with E-state index in [-0.39, 0.29) is 5.69 Å². The fraction of sp³-hybridized carbons (Fsp3) is 0.300. The maximum atomic E-state index is 11.2. The molecule has 7 heteroatoms. The van der Waals surface area contributed by atoms with Crippen LogP contribution in [0.4, 0.5) is 5.69 Å². The zero-order valence-electron chi connectivity index (χ0n) is 8.85. The Labute approximate surface area is 115 Å². The number of ether oxygens (including phenoxy) is 1. The summed E-state index contributed by atoms with van der Waals surface area (Å²) in [5, 5.41) is 10.6. The van der Waals surface area contributed by atoms with Crippen LogP contribution < -0.4 is 0 Å². The Morgan fingerprint density at radius 3 is 2.76 bits per heavy atom. The van der Waals surface area contributed by atoms with E-state index in [0.29, 0.717) is 12.0 Å². The van der Waals surface area contributed by atoms with Crippen molar-refractivity contribution >= 4 is 43.5 Å². The standard InChI is InChI=1S/C10H9Br2NO4/c1-17-10(14)9(12)5-6-4-7(13(15)16)2-3-8(6)11/h2-4,9H,5H2,1H3. The third-order valence-electron chi connectivity index (χ3n) is 2.10. The molecule has 0 bridgehead atoms. The Bertz CT molecular complexity index is 450. The quantitative estimate of drug-likeness (QED) is 0.355. The van der Waals surface area contributed by atoms with Crippen molar-refractivity contribution in [2.75, 3.05) is 7.11 Å². The second kappa shape index (κ2) is 6.11. The number of carbonyl (C=O) groups is 1. The van der Waals surface area contributed by atoms with Crippen molar-refractivity contribution in [3.63, 3.8) is 0 Å². The van der Waals surface area contributed by atoms with E-state index < -0.39 is 15.7 Å². The summed E-state index contributed by atoms with van der Waals surface area (Å²) in [6.07, 6.45) is 0.314. The molecule has 1 aromatic rings. The molecule has 1 unspecified atom stereocenters. The lowest BCUT2D eigenvalue weighted by molar-refractivity contribution is -0.384. The van der Waals surface area contributed by atoms with Gasteiger partial charge in [0.15, 0.2) is 0 Å². The van der Waals surface area contributed by atoms with Gasteiger partial charge in [-0.1, -0.05) is 31.9 Å². The van der Waals surface area contributed by atoms with Crippen LogP contribution in [0.5, 0.6) is 0 Å². The minimum Gasteiger partial charge on any atom is -0.468 e. The zero-order chi connectivity index (χ0) is 13.0. The molecule has 5 nitrogen and oxygen atoms in total. The van der Waals surface area contributed by atoms with Crippen LogP contribution in [-0.2, 0) is 16.0 Å². The number of nitro benzene ring substituents is 1. The van der Waals surface area contributed by atoms with Crippen LogP contribution in [0.25, 0.3) is 0 Å². The minimum atomic E-state index is -0.522. The first-order valence-electron chi connectivity index (χ1n) is 4.60. The van der Waals surface area contributed by atoms with Crippen LogP contribution in [0, 0.1) is 10.1 Å². The van der Waals surface area contributed by atoms with Crippen molar-refractivity contribution in [1.29, 1.82) is 0 Å². The summed E-state index contributed by atoms with van der Waals surface area (Å²) in [5.41, 5.74) is 0.666. The number of alkyl halides is 1. The number of non-ortho nitro benzene ring substituents is 1. The molecular formula is C10H9Br2NO4. The summed E-state index contributed by atoms with van der Waals surface area (Å²) in [5.74, 6) is -0.414. The summed E-state index contributed by atoms with van der Waals surface area (Å²) in [6, 6.07) is 4.42. The van der Waals surface area contributed by atoms with Gasteiger partial charge in [-0.2, -0.15) is 0 Å². The summed E-state index contributed by atoms with van der Waals surface area (Å²) < 4.78 is 5.29. The van der Waals surface area contributed by atoms with Gasteiger partial charge in [0.05, 0.1) is 12.0 Å². The van der Waals surface area contributed by atoms with Crippen LogP contribution in [0.3, 0.4) is 0 Å². The molecule has 0 saturated carbocycles.